The molecule has 0 aliphatic carbocycles. The lowest BCUT2D eigenvalue weighted by molar-refractivity contribution is 1.27. The number of nitrogens with one attached hydrogen (secondary N) is 2. The highest BCUT2D eigenvalue weighted by Crippen LogP contribution is 2.30. The summed E-state index contributed by atoms with van der Waals surface area (Å²) in [5.74, 6) is 1.69. The van der Waals surface area contributed by atoms with E-state index in [-0.39, 0.29) is 0 Å². The molecule has 0 saturated heterocycles. The van der Waals surface area contributed by atoms with Crippen LogP contribution in [-0.2, 0) is 0 Å². The summed E-state index contributed by atoms with van der Waals surface area (Å²) in [7, 11) is 0. The largest absolute Gasteiger partial charge is 0.323 e. The van der Waals surface area contributed by atoms with Gasteiger partial charge in [-0.3, -0.25) is 8.80 Å². The number of fused-ring (bicyclic) bond motifs is 10. The minimum Gasteiger partial charge on any atom is -0.323 e. The van der Waals surface area contributed by atoms with Gasteiger partial charge in [-0.2, -0.15) is 0 Å². The summed E-state index contributed by atoms with van der Waals surface area (Å²) in [5.41, 5.74) is 12.4. The highest BCUT2D eigenvalue weighted by Gasteiger charge is 2.14. The zero-order valence-corrected chi connectivity index (χ0v) is 20.1. The Morgan fingerprint density at radius 2 is 0.947 bits per heavy atom. The third kappa shape index (κ3) is 2.64. The molecule has 9 aromatic rings. The van der Waals surface area contributed by atoms with E-state index < -0.39 is 0 Å². The van der Waals surface area contributed by atoms with Gasteiger partial charge in [0.1, 0.15) is 0 Å². The smallest absolute Gasteiger partial charge is 0.213 e. The lowest BCUT2D eigenvalue weighted by Crippen LogP contribution is -1.89. The maximum atomic E-state index is 5.09. The van der Waals surface area contributed by atoms with Gasteiger partial charge in [-0.15, -0.1) is 0 Å². The summed E-state index contributed by atoms with van der Waals surface area (Å²) in [6.07, 6.45) is 0. The highest BCUT2D eigenvalue weighted by atomic mass is 15.1. The lowest BCUT2D eigenvalue weighted by Gasteiger charge is -2.06. The van der Waals surface area contributed by atoms with Gasteiger partial charge in [-0.05, 0) is 60.7 Å². The van der Waals surface area contributed by atoms with Gasteiger partial charge < -0.3 is 9.97 Å². The number of aromatic nitrogens is 7. The molecule has 0 radical (unpaired) electrons. The summed E-state index contributed by atoms with van der Waals surface area (Å²) in [4.78, 5) is 21.5. The molecule has 0 amide bonds. The molecule has 7 nitrogen and oxygen atoms in total. The predicted molar refractivity (Wildman–Crippen MR) is 151 cm³/mol. The third-order valence-corrected chi connectivity index (χ3v) is 7.43. The molecule has 0 saturated carbocycles. The van der Waals surface area contributed by atoms with E-state index in [0.717, 1.165) is 78.2 Å². The van der Waals surface area contributed by atoms with Crippen molar-refractivity contribution in [3.8, 4) is 22.5 Å². The van der Waals surface area contributed by atoms with Crippen LogP contribution in [0.1, 0.15) is 0 Å². The van der Waals surface area contributed by atoms with E-state index in [1.54, 1.807) is 0 Å². The average molecular weight is 490 g/mol. The molecule has 0 aliphatic heterocycles. The molecule has 0 atom stereocenters. The van der Waals surface area contributed by atoms with Gasteiger partial charge in [-0.1, -0.05) is 42.5 Å². The molecule has 178 valence electrons. The van der Waals surface area contributed by atoms with Gasteiger partial charge in [0.15, 0.2) is 0 Å². The summed E-state index contributed by atoms with van der Waals surface area (Å²) in [6.45, 7) is 0. The number of aromatic amines is 2. The standard InChI is InChI=1S/C31H19N7/c1-3-10-26-22(6-1)33-30-35-24-14-12-18(16-28(24)37(26)30)20-8-5-9-21(32-20)19-13-15-25-29(17-19)38-27-11-4-2-7-23(27)34-31(38)36-25/h1-17H,(H,33,35)(H,34,36). The molecule has 5 aromatic heterocycles. The molecule has 0 bridgehead atoms. The van der Waals surface area contributed by atoms with E-state index in [1.807, 2.05) is 36.4 Å². The van der Waals surface area contributed by atoms with Gasteiger partial charge in [0.05, 0.1) is 55.5 Å². The molecule has 0 aliphatic rings. The van der Waals surface area contributed by atoms with Crippen LogP contribution in [0.5, 0.6) is 0 Å². The van der Waals surface area contributed by atoms with Crippen molar-refractivity contribution < 1.29 is 0 Å². The molecule has 38 heavy (non-hydrogen) atoms. The Labute approximate surface area is 215 Å². The summed E-state index contributed by atoms with van der Waals surface area (Å²) < 4.78 is 4.36. The minimum atomic E-state index is 0.846. The van der Waals surface area contributed by atoms with E-state index >= 15 is 0 Å². The first-order valence-corrected chi connectivity index (χ1v) is 12.6. The molecular weight excluding hydrogens is 470 g/mol. The van der Waals surface area contributed by atoms with Crippen LogP contribution in [0.2, 0.25) is 0 Å². The fourth-order valence-corrected chi connectivity index (χ4v) is 5.67. The number of pyridine rings is 1. The van der Waals surface area contributed by atoms with Crippen LogP contribution in [0.3, 0.4) is 0 Å². The summed E-state index contributed by atoms with van der Waals surface area (Å²) in [6, 6.07) is 35.4. The van der Waals surface area contributed by atoms with Crippen molar-refractivity contribution >= 4 is 55.7 Å². The second-order valence-corrected chi connectivity index (χ2v) is 9.64. The Kier molecular flexibility index (Phi) is 3.67. The fourth-order valence-electron chi connectivity index (χ4n) is 5.67. The maximum absolute atomic E-state index is 5.09. The minimum absolute atomic E-state index is 0.846. The quantitative estimate of drug-likeness (QED) is 0.275. The van der Waals surface area contributed by atoms with Gasteiger partial charge in [0, 0.05) is 11.1 Å². The van der Waals surface area contributed by atoms with E-state index in [1.165, 1.54) is 0 Å². The predicted octanol–water partition coefficient (Wildman–Crippen LogP) is 6.98. The van der Waals surface area contributed by atoms with Gasteiger partial charge in [-0.25, -0.2) is 15.0 Å². The zero-order chi connectivity index (χ0) is 24.8. The second-order valence-electron chi connectivity index (χ2n) is 9.64. The van der Waals surface area contributed by atoms with Crippen LogP contribution in [-0.4, -0.2) is 33.7 Å². The molecule has 7 heteroatoms. The first kappa shape index (κ1) is 19.7. The Balaban J connectivity index is 1.20. The van der Waals surface area contributed by atoms with Crippen LogP contribution in [0.25, 0.3) is 78.2 Å². The van der Waals surface area contributed by atoms with Crippen LogP contribution < -0.4 is 0 Å². The summed E-state index contributed by atoms with van der Waals surface area (Å²) >= 11 is 0. The van der Waals surface area contributed by atoms with E-state index in [0.29, 0.717) is 0 Å². The number of hydrogen-bond donors (Lipinski definition) is 2. The Hall–Kier alpha value is -5.43. The number of hydrogen-bond acceptors (Lipinski definition) is 3. The molecule has 0 unspecified atom stereocenters. The number of H-pyrrole nitrogens is 2. The molecular formula is C31H19N7. The zero-order valence-electron chi connectivity index (χ0n) is 20.1. The van der Waals surface area contributed by atoms with E-state index in [4.69, 9.17) is 15.0 Å². The SMILES string of the molecule is c1cc(-c2ccc3[nH]c4nc5ccccc5n4c3c2)nc(-c2ccc3[nH]c4nc5ccccc5n4c3c2)c1. The Morgan fingerprint density at radius 1 is 0.447 bits per heavy atom. The molecule has 5 heterocycles. The summed E-state index contributed by atoms with van der Waals surface area (Å²) in [5, 5.41) is 0. The maximum Gasteiger partial charge on any atom is 0.213 e. The number of rotatable bonds is 2. The van der Waals surface area contributed by atoms with Crippen molar-refractivity contribution in [2.75, 3.05) is 0 Å². The molecule has 2 N–H and O–H groups in total. The van der Waals surface area contributed by atoms with Crippen molar-refractivity contribution in [2.45, 2.75) is 0 Å². The van der Waals surface area contributed by atoms with Crippen molar-refractivity contribution in [1.29, 1.82) is 0 Å². The van der Waals surface area contributed by atoms with Gasteiger partial charge in [0.25, 0.3) is 0 Å². The molecule has 9 rings (SSSR count). The topological polar surface area (TPSA) is 79.1 Å². The Morgan fingerprint density at radius 3 is 1.47 bits per heavy atom. The first-order chi connectivity index (χ1) is 18.8. The first-order valence-electron chi connectivity index (χ1n) is 12.6. The fraction of sp³-hybridized carbons (Fsp3) is 0. The van der Waals surface area contributed by atoms with E-state index in [9.17, 15) is 0 Å². The van der Waals surface area contributed by atoms with Crippen molar-refractivity contribution in [1.82, 2.24) is 33.7 Å². The number of nitrogens with zero attached hydrogens (tertiary/aromatic N) is 5. The van der Waals surface area contributed by atoms with Crippen LogP contribution >= 0.6 is 0 Å². The normalized spacial score (nSPS) is 12.2. The van der Waals surface area contributed by atoms with Gasteiger partial charge >= 0.3 is 0 Å². The third-order valence-electron chi connectivity index (χ3n) is 7.43. The lowest BCUT2D eigenvalue weighted by atomic mass is 10.1. The van der Waals surface area contributed by atoms with E-state index in [2.05, 4.69) is 85.5 Å². The van der Waals surface area contributed by atoms with Crippen molar-refractivity contribution in [2.24, 2.45) is 0 Å². The molecule has 4 aromatic carbocycles. The second kappa shape index (κ2) is 7.08. The number of para-hydroxylation sites is 4. The Bertz CT molecular complexity index is 2200. The number of imidazole rings is 4. The van der Waals surface area contributed by atoms with Crippen molar-refractivity contribution in [3.05, 3.63) is 103 Å². The van der Waals surface area contributed by atoms with Crippen molar-refractivity contribution in [3.63, 3.8) is 0 Å². The van der Waals surface area contributed by atoms with Crippen LogP contribution in [0.4, 0.5) is 0 Å². The highest BCUT2D eigenvalue weighted by molar-refractivity contribution is 5.93. The van der Waals surface area contributed by atoms with Gasteiger partial charge in [0.2, 0.25) is 11.6 Å². The number of benzene rings is 4. The molecule has 0 spiro atoms. The monoisotopic (exact) mass is 489 g/mol. The van der Waals surface area contributed by atoms with Crippen LogP contribution in [0.15, 0.2) is 103 Å². The average Bonchev–Trinajstić information content (AvgIpc) is 3.69. The molecule has 0 fully saturated rings. The van der Waals surface area contributed by atoms with Crippen LogP contribution in [0, 0.1) is 0 Å².